The molecule has 138 valence electrons. The molecule has 0 spiro atoms. The number of guanidine groups is 1. The summed E-state index contributed by atoms with van der Waals surface area (Å²) in [6.07, 6.45) is 4.92. The summed E-state index contributed by atoms with van der Waals surface area (Å²) >= 11 is 0. The number of carbonyl (C=O) groups is 1. The van der Waals surface area contributed by atoms with Gasteiger partial charge < -0.3 is 16.0 Å². The number of rotatable bonds is 8. The molecule has 1 amide bonds. The molecule has 0 bridgehead atoms. The van der Waals surface area contributed by atoms with Crippen LogP contribution in [0.3, 0.4) is 0 Å². The molecule has 1 aliphatic rings. The first kappa shape index (κ1) is 19.2. The maximum Gasteiger partial charge on any atom is 0.223 e. The highest BCUT2D eigenvalue weighted by Gasteiger charge is 2.24. The Bertz CT molecular complexity index is 599. The largest absolute Gasteiger partial charge is 0.356 e. The van der Waals surface area contributed by atoms with E-state index in [1.165, 1.54) is 12.5 Å². The quantitative estimate of drug-likeness (QED) is 0.383. The van der Waals surface area contributed by atoms with Gasteiger partial charge in [0.2, 0.25) is 5.91 Å². The zero-order chi connectivity index (χ0) is 18.1. The summed E-state index contributed by atoms with van der Waals surface area (Å²) in [4.78, 5) is 15.9. The monoisotopic (exact) mass is 348 g/mol. The van der Waals surface area contributed by atoms with Crippen LogP contribution >= 0.6 is 0 Å². The van der Waals surface area contributed by atoms with E-state index in [0.29, 0.717) is 6.54 Å². The van der Waals surface area contributed by atoms with Crippen LogP contribution in [0.25, 0.3) is 0 Å². The van der Waals surface area contributed by atoms with Gasteiger partial charge in [-0.05, 0) is 55.9 Å². The van der Waals surface area contributed by atoms with E-state index in [-0.39, 0.29) is 17.6 Å². The fraction of sp³-hybridized carbons (Fsp3) is 0.579. The van der Waals surface area contributed by atoms with Crippen molar-refractivity contribution >= 4 is 11.9 Å². The Morgan fingerprint density at radius 3 is 2.56 bits per heavy atom. The summed E-state index contributed by atoms with van der Waals surface area (Å²) in [5.41, 5.74) is 2.09. The van der Waals surface area contributed by atoms with Crippen molar-refractivity contribution in [3.8, 4) is 0 Å². The third-order valence-electron chi connectivity index (χ3n) is 4.64. The van der Waals surface area contributed by atoms with Gasteiger partial charge in [0.05, 0.1) is 0 Å². The number of hydrogen-bond acceptors (Lipinski definition) is 2. The second-order valence-corrected chi connectivity index (χ2v) is 6.52. The van der Waals surface area contributed by atoms with Crippen LogP contribution in [0.4, 0.5) is 4.39 Å². The summed E-state index contributed by atoms with van der Waals surface area (Å²) in [6, 6.07) is 4.88. The summed E-state index contributed by atoms with van der Waals surface area (Å²) in [5.74, 6) is 0.988. The molecule has 25 heavy (non-hydrogen) atoms. The Morgan fingerprint density at radius 1 is 1.20 bits per heavy atom. The van der Waals surface area contributed by atoms with Gasteiger partial charge in [-0.1, -0.05) is 12.5 Å². The Kier molecular flexibility index (Phi) is 7.70. The third kappa shape index (κ3) is 6.36. The van der Waals surface area contributed by atoms with Gasteiger partial charge >= 0.3 is 0 Å². The fourth-order valence-electron chi connectivity index (χ4n) is 2.80. The van der Waals surface area contributed by atoms with E-state index in [9.17, 15) is 9.18 Å². The zero-order valence-corrected chi connectivity index (χ0v) is 15.2. The maximum atomic E-state index is 13.1. The van der Waals surface area contributed by atoms with Gasteiger partial charge in [0, 0.05) is 32.6 Å². The number of amides is 1. The van der Waals surface area contributed by atoms with E-state index >= 15 is 0 Å². The number of hydrogen-bond donors (Lipinski definition) is 3. The topological polar surface area (TPSA) is 65.5 Å². The number of aliphatic imine (C=N–C) groups is 1. The van der Waals surface area contributed by atoms with Crippen molar-refractivity contribution in [3.63, 3.8) is 0 Å². The summed E-state index contributed by atoms with van der Waals surface area (Å²) in [5, 5.41) is 9.47. The SMILES string of the molecule is CN=C(NCCCNC(=O)C1CCC1)NCCc1ccc(F)cc1C. The second kappa shape index (κ2) is 10.0. The van der Waals surface area contributed by atoms with E-state index in [1.807, 2.05) is 13.0 Å². The van der Waals surface area contributed by atoms with E-state index in [0.717, 1.165) is 55.9 Å². The summed E-state index contributed by atoms with van der Waals surface area (Å²) in [7, 11) is 1.73. The number of nitrogens with zero attached hydrogens (tertiary/aromatic N) is 1. The molecule has 1 aliphatic carbocycles. The van der Waals surface area contributed by atoms with Crippen molar-refractivity contribution < 1.29 is 9.18 Å². The molecule has 0 atom stereocenters. The van der Waals surface area contributed by atoms with Crippen molar-refractivity contribution in [1.29, 1.82) is 0 Å². The van der Waals surface area contributed by atoms with Gasteiger partial charge in [-0.15, -0.1) is 0 Å². The number of benzene rings is 1. The first-order chi connectivity index (χ1) is 12.1. The molecule has 0 heterocycles. The van der Waals surface area contributed by atoms with Crippen LogP contribution < -0.4 is 16.0 Å². The molecule has 0 radical (unpaired) electrons. The number of nitrogens with one attached hydrogen (secondary N) is 3. The first-order valence-electron chi connectivity index (χ1n) is 9.07. The van der Waals surface area contributed by atoms with Gasteiger partial charge in [0.1, 0.15) is 5.82 Å². The lowest BCUT2D eigenvalue weighted by Crippen LogP contribution is -2.40. The average molecular weight is 348 g/mol. The van der Waals surface area contributed by atoms with Crippen LogP contribution in [-0.4, -0.2) is 38.5 Å². The predicted molar refractivity (Wildman–Crippen MR) is 99.2 cm³/mol. The summed E-state index contributed by atoms with van der Waals surface area (Å²) in [6.45, 7) is 4.09. The van der Waals surface area contributed by atoms with E-state index in [1.54, 1.807) is 13.1 Å². The molecule has 0 aromatic heterocycles. The molecule has 2 rings (SSSR count). The molecule has 0 saturated heterocycles. The minimum Gasteiger partial charge on any atom is -0.356 e. The lowest BCUT2D eigenvalue weighted by Gasteiger charge is -2.24. The first-order valence-corrected chi connectivity index (χ1v) is 9.07. The maximum absolute atomic E-state index is 13.1. The number of carbonyl (C=O) groups excluding carboxylic acids is 1. The highest BCUT2D eigenvalue weighted by molar-refractivity contribution is 5.80. The van der Waals surface area contributed by atoms with Gasteiger partial charge in [0.15, 0.2) is 5.96 Å². The molecule has 0 aliphatic heterocycles. The van der Waals surface area contributed by atoms with Crippen molar-refractivity contribution in [2.24, 2.45) is 10.9 Å². The smallest absolute Gasteiger partial charge is 0.223 e. The standard InChI is InChI=1S/C19H29FN4O/c1-14-13-17(20)8-7-15(14)9-12-24-19(21-2)23-11-4-10-22-18(25)16-5-3-6-16/h7-8,13,16H,3-6,9-12H2,1-2H3,(H,22,25)(H2,21,23,24). The molecule has 5 nitrogen and oxygen atoms in total. The number of aryl methyl sites for hydroxylation is 1. The lowest BCUT2D eigenvalue weighted by molar-refractivity contribution is -0.127. The van der Waals surface area contributed by atoms with Crippen molar-refractivity contribution in [3.05, 3.63) is 35.1 Å². The second-order valence-electron chi connectivity index (χ2n) is 6.52. The van der Waals surface area contributed by atoms with Crippen LogP contribution in [0.2, 0.25) is 0 Å². The van der Waals surface area contributed by atoms with Crippen molar-refractivity contribution in [1.82, 2.24) is 16.0 Å². The van der Waals surface area contributed by atoms with Crippen LogP contribution in [0.1, 0.15) is 36.8 Å². The lowest BCUT2D eigenvalue weighted by atomic mass is 9.85. The third-order valence-corrected chi connectivity index (χ3v) is 4.64. The Balaban J connectivity index is 1.58. The Hall–Kier alpha value is -2.11. The molecular weight excluding hydrogens is 319 g/mol. The van der Waals surface area contributed by atoms with E-state index in [4.69, 9.17) is 0 Å². The minimum atomic E-state index is -0.198. The molecule has 1 aromatic carbocycles. The van der Waals surface area contributed by atoms with Gasteiger partial charge in [-0.3, -0.25) is 9.79 Å². The molecule has 1 saturated carbocycles. The molecule has 1 aromatic rings. The van der Waals surface area contributed by atoms with Gasteiger partial charge in [-0.25, -0.2) is 4.39 Å². The van der Waals surface area contributed by atoms with Crippen LogP contribution in [0.15, 0.2) is 23.2 Å². The van der Waals surface area contributed by atoms with Crippen LogP contribution in [0, 0.1) is 18.7 Å². The zero-order valence-electron chi connectivity index (χ0n) is 15.2. The van der Waals surface area contributed by atoms with Gasteiger partial charge in [-0.2, -0.15) is 0 Å². The average Bonchev–Trinajstić information content (AvgIpc) is 2.53. The van der Waals surface area contributed by atoms with Gasteiger partial charge in [0.25, 0.3) is 0 Å². The fourth-order valence-corrected chi connectivity index (χ4v) is 2.80. The molecular formula is C19H29FN4O. The number of halogens is 1. The molecule has 3 N–H and O–H groups in total. The van der Waals surface area contributed by atoms with Crippen LogP contribution in [-0.2, 0) is 11.2 Å². The predicted octanol–water partition coefficient (Wildman–Crippen LogP) is 2.15. The Morgan fingerprint density at radius 2 is 1.92 bits per heavy atom. The van der Waals surface area contributed by atoms with E-state index in [2.05, 4.69) is 20.9 Å². The van der Waals surface area contributed by atoms with E-state index < -0.39 is 0 Å². The Labute approximate surface area is 149 Å². The molecule has 0 unspecified atom stereocenters. The summed E-state index contributed by atoms with van der Waals surface area (Å²) < 4.78 is 13.1. The van der Waals surface area contributed by atoms with Crippen LogP contribution in [0.5, 0.6) is 0 Å². The molecule has 1 fully saturated rings. The highest BCUT2D eigenvalue weighted by Crippen LogP contribution is 2.25. The normalized spacial score (nSPS) is 14.8. The highest BCUT2D eigenvalue weighted by atomic mass is 19.1. The van der Waals surface area contributed by atoms with Crippen molar-refractivity contribution in [2.45, 2.75) is 39.0 Å². The van der Waals surface area contributed by atoms with Crippen molar-refractivity contribution in [2.75, 3.05) is 26.7 Å². The molecule has 6 heteroatoms. The minimum absolute atomic E-state index is 0.198.